The van der Waals surface area contributed by atoms with Crippen molar-refractivity contribution in [2.45, 2.75) is 6.42 Å². The minimum absolute atomic E-state index is 0.0794. The molecular weight excluding hydrogens is 400 g/mol. The van der Waals surface area contributed by atoms with Gasteiger partial charge in [0.25, 0.3) is 0 Å². The quantitative estimate of drug-likeness (QED) is 0.776. The predicted molar refractivity (Wildman–Crippen MR) is 101 cm³/mol. The van der Waals surface area contributed by atoms with Crippen molar-refractivity contribution in [1.82, 2.24) is 0 Å². The number of hydrogen-bond donors (Lipinski definition) is 1. The number of anilines is 2. The lowest BCUT2D eigenvalue weighted by molar-refractivity contribution is -0.122. The largest absolute Gasteiger partial charge is 0.465 e. The minimum atomic E-state index is -0.436. The van der Waals surface area contributed by atoms with Crippen molar-refractivity contribution < 1.29 is 19.1 Å². The van der Waals surface area contributed by atoms with Gasteiger partial charge in [-0.05, 0) is 42.5 Å². The second-order valence-electron chi connectivity index (χ2n) is 5.94. The summed E-state index contributed by atoms with van der Waals surface area (Å²) in [5.74, 6) is -1.17. The molecule has 1 N–H and O–H groups in total. The van der Waals surface area contributed by atoms with Gasteiger partial charge in [0, 0.05) is 28.8 Å². The number of nitrogens with zero attached hydrogens (tertiary/aromatic N) is 1. The molecule has 2 aromatic carbocycles. The summed E-state index contributed by atoms with van der Waals surface area (Å²) in [5.41, 5.74) is 1.74. The third-order valence-electron chi connectivity index (χ3n) is 4.19. The predicted octanol–water partition coefficient (Wildman–Crippen LogP) is 3.23. The number of halogens is 1. The highest BCUT2D eigenvalue weighted by molar-refractivity contribution is 9.10. The molecule has 1 fully saturated rings. The van der Waals surface area contributed by atoms with E-state index >= 15 is 0 Å². The summed E-state index contributed by atoms with van der Waals surface area (Å²) in [5, 5.41) is 2.79. The number of rotatable bonds is 4. The third kappa shape index (κ3) is 3.94. The number of esters is 1. The first-order chi connectivity index (χ1) is 12.5. The molecule has 26 heavy (non-hydrogen) atoms. The Bertz CT molecular complexity index is 851. The van der Waals surface area contributed by atoms with Gasteiger partial charge in [0.1, 0.15) is 0 Å². The molecule has 0 spiro atoms. The number of amides is 2. The lowest BCUT2D eigenvalue weighted by atomic mass is 10.1. The van der Waals surface area contributed by atoms with E-state index in [4.69, 9.17) is 0 Å². The Morgan fingerprint density at radius 2 is 1.92 bits per heavy atom. The van der Waals surface area contributed by atoms with Crippen LogP contribution in [0.15, 0.2) is 53.0 Å². The van der Waals surface area contributed by atoms with Crippen LogP contribution in [0.25, 0.3) is 0 Å². The number of hydrogen-bond acceptors (Lipinski definition) is 4. The lowest BCUT2D eigenvalue weighted by Crippen LogP contribution is -2.28. The van der Waals surface area contributed by atoms with Crippen molar-refractivity contribution in [2.24, 2.45) is 5.92 Å². The van der Waals surface area contributed by atoms with Crippen LogP contribution in [0, 0.1) is 5.92 Å². The number of nitrogens with one attached hydrogen (secondary N) is 1. The van der Waals surface area contributed by atoms with Crippen molar-refractivity contribution in [3.05, 3.63) is 58.6 Å². The first-order valence-electron chi connectivity index (χ1n) is 8.03. The number of carbonyl (C=O) groups is 3. The van der Waals surface area contributed by atoms with Gasteiger partial charge in [-0.25, -0.2) is 4.79 Å². The van der Waals surface area contributed by atoms with Gasteiger partial charge >= 0.3 is 5.97 Å². The number of benzene rings is 2. The molecular formula is C19H17BrN2O4. The molecule has 0 aliphatic carbocycles. The molecule has 3 rings (SSSR count). The fraction of sp³-hybridized carbons (Fsp3) is 0.211. The van der Waals surface area contributed by atoms with Gasteiger partial charge in [0.2, 0.25) is 11.8 Å². The summed E-state index contributed by atoms with van der Waals surface area (Å²) in [7, 11) is 1.31. The summed E-state index contributed by atoms with van der Waals surface area (Å²) < 4.78 is 5.52. The Labute approximate surface area is 159 Å². The van der Waals surface area contributed by atoms with Gasteiger partial charge in [0.05, 0.1) is 18.6 Å². The molecule has 0 radical (unpaired) electrons. The van der Waals surface area contributed by atoms with Crippen molar-refractivity contribution in [1.29, 1.82) is 0 Å². The molecule has 0 saturated carbocycles. The molecule has 1 saturated heterocycles. The van der Waals surface area contributed by atoms with Crippen LogP contribution in [0.4, 0.5) is 11.4 Å². The summed E-state index contributed by atoms with van der Waals surface area (Å²) >= 11 is 3.39. The first kappa shape index (κ1) is 18.1. The van der Waals surface area contributed by atoms with Crippen LogP contribution in [0.1, 0.15) is 16.8 Å². The highest BCUT2D eigenvalue weighted by atomic mass is 79.9. The first-order valence-corrected chi connectivity index (χ1v) is 8.82. The van der Waals surface area contributed by atoms with Crippen molar-refractivity contribution >= 4 is 45.1 Å². The van der Waals surface area contributed by atoms with Crippen LogP contribution < -0.4 is 10.2 Å². The van der Waals surface area contributed by atoms with Gasteiger partial charge in [-0.3, -0.25) is 9.59 Å². The zero-order valence-electron chi connectivity index (χ0n) is 14.1. The number of ether oxygens (including phenoxy) is 1. The fourth-order valence-corrected chi connectivity index (χ4v) is 3.22. The molecule has 2 aromatic rings. The maximum atomic E-state index is 12.5. The van der Waals surface area contributed by atoms with Gasteiger partial charge < -0.3 is 15.0 Å². The Hall–Kier alpha value is -2.67. The maximum Gasteiger partial charge on any atom is 0.337 e. The van der Waals surface area contributed by atoms with Crippen LogP contribution in [0.5, 0.6) is 0 Å². The van der Waals surface area contributed by atoms with E-state index in [0.717, 1.165) is 10.2 Å². The molecule has 1 aliphatic heterocycles. The van der Waals surface area contributed by atoms with Crippen molar-refractivity contribution in [2.75, 3.05) is 23.9 Å². The molecule has 134 valence electrons. The Morgan fingerprint density at radius 1 is 1.19 bits per heavy atom. The molecule has 0 bridgehead atoms. The van der Waals surface area contributed by atoms with Crippen molar-refractivity contribution in [3.63, 3.8) is 0 Å². The highest BCUT2D eigenvalue weighted by Gasteiger charge is 2.35. The summed E-state index contributed by atoms with van der Waals surface area (Å²) in [6, 6.07) is 13.8. The molecule has 6 nitrogen and oxygen atoms in total. The van der Waals surface area contributed by atoms with Gasteiger partial charge in [0.15, 0.2) is 0 Å². The number of methoxy groups -OCH3 is 1. The Kier molecular flexibility index (Phi) is 5.37. The Morgan fingerprint density at radius 3 is 2.58 bits per heavy atom. The number of carbonyl (C=O) groups excluding carboxylic acids is 3. The Balaban J connectivity index is 1.65. The average molecular weight is 417 g/mol. The molecule has 2 amide bonds. The monoisotopic (exact) mass is 416 g/mol. The zero-order valence-corrected chi connectivity index (χ0v) is 15.7. The SMILES string of the molecule is COC(=O)c1ccc(NC(=O)C2CC(=O)N(c3cccc(Br)c3)C2)cc1. The average Bonchev–Trinajstić information content (AvgIpc) is 3.03. The van der Waals surface area contributed by atoms with E-state index in [2.05, 4.69) is 26.0 Å². The summed E-state index contributed by atoms with van der Waals surface area (Å²) in [4.78, 5) is 37.8. The standard InChI is InChI=1S/C19H17BrN2O4/c1-26-19(25)12-5-7-15(8-6-12)21-18(24)13-9-17(23)22(11-13)16-4-2-3-14(20)10-16/h2-8,10,13H,9,11H2,1H3,(H,21,24). The molecule has 0 aromatic heterocycles. The molecule has 7 heteroatoms. The van der Waals surface area contributed by atoms with Gasteiger partial charge in [-0.15, -0.1) is 0 Å². The van der Waals surface area contributed by atoms with Crippen molar-refractivity contribution in [3.8, 4) is 0 Å². The fourth-order valence-electron chi connectivity index (χ4n) is 2.83. The van der Waals surface area contributed by atoms with E-state index in [1.807, 2.05) is 24.3 Å². The second kappa shape index (κ2) is 7.70. The minimum Gasteiger partial charge on any atom is -0.465 e. The van der Waals surface area contributed by atoms with E-state index in [1.54, 1.807) is 29.2 Å². The van der Waals surface area contributed by atoms with Crippen LogP contribution in [0.2, 0.25) is 0 Å². The van der Waals surface area contributed by atoms with E-state index < -0.39 is 11.9 Å². The van der Waals surface area contributed by atoms with Crippen LogP contribution in [-0.4, -0.2) is 31.4 Å². The van der Waals surface area contributed by atoms with E-state index in [9.17, 15) is 14.4 Å². The third-order valence-corrected chi connectivity index (χ3v) is 4.68. The van der Waals surface area contributed by atoms with Crippen LogP contribution in [0.3, 0.4) is 0 Å². The highest BCUT2D eigenvalue weighted by Crippen LogP contribution is 2.28. The summed E-state index contributed by atoms with van der Waals surface area (Å²) in [6.07, 6.45) is 0.165. The molecule has 1 atom stereocenters. The van der Waals surface area contributed by atoms with E-state index in [0.29, 0.717) is 17.8 Å². The molecule has 1 aliphatic rings. The second-order valence-corrected chi connectivity index (χ2v) is 6.86. The summed E-state index contributed by atoms with van der Waals surface area (Å²) in [6.45, 7) is 0.335. The van der Waals surface area contributed by atoms with E-state index in [1.165, 1.54) is 7.11 Å². The van der Waals surface area contributed by atoms with E-state index in [-0.39, 0.29) is 18.2 Å². The normalized spacial score (nSPS) is 16.5. The van der Waals surface area contributed by atoms with Crippen LogP contribution >= 0.6 is 15.9 Å². The smallest absolute Gasteiger partial charge is 0.337 e. The van der Waals surface area contributed by atoms with Crippen LogP contribution in [-0.2, 0) is 14.3 Å². The maximum absolute atomic E-state index is 12.5. The van der Waals surface area contributed by atoms with Gasteiger partial charge in [-0.1, -0.05) is 22.0 Å². The zero-order chi connectivity index (χ0) is 18.7. The molecule has 1 unspecified atom stereocenters. The topological polar surface area (TPSA) is 75.7 Å². The van der Waals surface area contributed by atoms with Gasteiger partial charge in [-0.2, -0.15) is 0 Å². The lowest BCUT2D eigenvalue weighted by Gasteiger charge is -2.17. The molecule has 1 heterocycles.